The first-order chi connectivity index (χ1) is 12.3. The Morgan fingerprint density at radius 2 is 1.88 bits per heavy atom. The summed E-state index contributed by atoms with van der Waals surface area (Å²) in [6, 6.07) is 13.4. The molecule has 0 aliphatic carbocycles. The van der Waals surface area contributed by atoms with Crippen molar-refractivity contribution >= 4 is 21.6 Å². The fourth-order valence-electron chi connectivity index (χ4n) is 2.62. The molecule has 0 saturated heterocycles. The van der Waals surface area contributed by atoms with Gasteiger partial charge < -0.3 is 15.3 Å². The first kappa shape index (κ1) is 19.8. The molecule has 0 saturated carbocycles. The number of benzene rings is 2. The third kappa shape index (κ3) is 6.07. The number of nitrogens with zero attached hydrogens (tertiary/aromatic N) is 1. The van der Waals surface area contributed by atoms with Gasteiger partial charge in [0, 0.05) is 24.1 Å². The molecule has 2 N–H and O–H groups in total. The van der Waals surface area contributed by atoms with E-state index in [2.05, 4.69) is 5.32 Å². The van der Waals surface area contributed by atoms with Gasteiger partial charge >= 0.3 is 6.03 Å². The van der Waals surface area contributed by atoms with E-state index in [0.717, 1.165) is 6.42 Å². The van der Waals surface area contributed by atoms with Gasteiger partial charge in [0.15, 0.2) is 9.84 Å². The molecule has 7 heteroatoms. The Balaban J connectivity index is 2.12. The smallest absolute Gasteiger partial charge is 0.322 e. The first-order valence-corrected chi connectivity index (χ1v) is 10.4. The number of aromatic hydroxyl groups is 1. The Kier molecular flexibility index (Phi) is 6.63. The molecule has 6 nitrogen and oxygen atoms in total. The number of hydrogen-bond donors (Lipinski definition) is 2. The van der Waals surface area contributed by atoms with Crippen molar-refractivity contribution in [2.75, 3.05) is 18.1 Å². The van der Waals surface area contributed by atoms with Crippen molar-refractivity contribution in [3.63, 3.8) is 0 Å². The SMILES string of the molecule is CCCN(Cc1ccccc1O)C(=O)Nc1cccc(CS(C)(=O)=O)c1. The molecule has 2 aromatic carbocycles. The summed E-state index contributed by atoms with van der Waals surface area (Å²) in [4.78, 5) is 14.2. The number of para-hydroxylation sites is 1. The van der Waals surface area contributed by atoms with Gasteiger partial charge in [-0.25, -0.2) is 13.2 Å². The summed E-state index contributed by atoms with van der Waals surface area (Å²) in [5.41, 5.74) is 1.82. The second kappa shape index (κ2) is 8.71. The Labute approximate surface area is 154 Å². The van der Waals surface area contributed by atoms with Crippen molar-refractivity contribution in [1.29, 1.82) is 0 Å². The summed E-state index contributed by atoms with van der Waals surface area (Å²) in [6.45, 7) is 2.79. The van der Waals surface area contributed by atoms with Crippen LogP contribution in [0.25, 0.3) is 0 Å². The molecule has 0 spiro atoms. The number of anilines is 1. The minimum absolute atomic E-state index is 0.0761. The third-order valence-electron chi connectivity index (χ3n) is 3.74. The number of phenolic OH excluding ortho intramolecular Hbond substituents is 1. The molecule has 26 heavy (non-hydrogen) atoms. The van der Waals surface area contributed by atoms with Crippen LogP contribution in [-0.4, -0.2) is 37.3 Å². The molecule has 0 aromatic heterocycles. The normalized spacial score (nSPS) is 11.2. The summed E-state index contributed by atoms with van der Waals surface area (Å²) in [5, 5.41) is 12.7. The zero-order valence-corrected chi connectivity index (χ0v) is 15.8. The van der Waals surface area contributed by atoms with Crippen molar-refractivity contribution < 1.29 is 18.3 Å². The highest BCUT2D eigenvalue weighted by Gasteiger charge is 2.15. The maximum Gasteiger partial charge on any atom is 0.322 e. The maximum absolute atomic E-state index is 12.6. The van der Waals surface area contributed by atoms with E-state index in [9.17, 15) is 18.3 Å². The van der Waals surface area contributed by atoms with Crippen molar-refractivity contribution in [2.45, 2.75) is 25.6 Å². The second-order valence-electron chi connectivity index (χ2n) is 6.25. The summed E-state index contributed by atoms with van der Waals surface area (Å²) < 4.78 is 22.9. The molecule has 0 atom stereocenters. The number of amides is 2. The van der Waals surface area contributed by atoms with Crippen LogP contribution in [0.3, 0.4) is 0 Å². The van der Waals surface area contributed by atoms with Gasteiger partial charge in [0.05, 0.1) is 12.3 Å². The van der Waals surface area contributed by atoms with Crippen molar-refractivity contribution in [3.05, 3.63) is 59.7 Å². The predicted molar refractivity (Wildman–Crippen MR) is 103 cm³/mol. The Hall–Kier alpha value is -2.54. The highest BCUT2D eigenvalue weighted by molar-refractivity contribution is 7.89. The molecular weight excluding hydrogens is 352 g/mol. The van der Waals surface area contributed by atoms with Gasteiger partial charge in [-0.1, -0.05) is 37.3 Å². The van der Waals surface area contributed by atoms with Crippen LogP contribution in [-0.2, 0) is 22.1 Å². The topological polar surface area (TPSA) is 86.7 Å². The Bertz CT molecular complexity index is 865. The molecule has 0 unspecified atom stereocenters. The van der Waals surface area contributed by atoms with Crippen LogP contribution >= 0.6 is 0 Å². The minimum Gasteiger partial charge on any atom is -0.508 e. The minimum atomic E-state index is -3.14. The fraction of sp³-hybridized carbons (Fsp3) is 0.316. The number of hydrogen-bond acceptors (Lipinski definition) is 4. The van der Waals surface area contributed by atoms with Gasteiger partial charge in [-0.05, 0) is 30.2 Å². The van der Waals surface area contributed by atoms with E-state index < -0.39 is 9.84 Å². The number of carbonyl (C=O) groups excluding carboxylic acids is 1. The monoisotopic (exact) mass is 376 g/mol. The van der Waals surface area contributed by atoms with Crippen LogP contribution in [0, 0.1) is 0 Å². The fourth-order valence-corrected chi connectivity index (χ4v) is 3.40. The van der Waals surface area contributed by atoms with E-state index in [4.69, 9.17) is 0 Å². The summed E-state index contributed by atoms with van der Waals surface area (Å²) >= 11 is 0. The van der Waals surface area contributed by atoms with Crippen LogP contribution in [0.5, 0.6) is 5.75 Å². The van der Waals surface area contributed by atoms with E-state index in [-0.39, 0.29) is 24.1 Å². The second-order valence-corrected chi connectivity index (χ2v) is 8.39. The lowest BCUT2D eigenvalue weighted by Crippen LogP contribution is -2.35. The Morgan fingerprint density at radius 3 is 2.54 bits per heavy atom. The van der Waals surface area contributed by atoms with Gasteiger partial charge in [0.1, 0.15) is 5.75 Å². The molecule has 0 aliphatic heterocycles. The summed E-state index contributed by atoms with van der Waals surface area (Å²) in [5.74, 6) is 0.0735. The first-order valence-electron chi connectivity index (χ1n) is 8.38. The highest BCUT2D eigenvalue weighted by Crippen LogP contribution is 2.19. The zero-order chi connectivity index (χ0) is 19.2. The van der Waals surface area contributed by atoms with Gasteiger partial charge in [-0.3, -0.25) is 0 Å². The van der Waals surface area contributed by atoms with Crippen LogP contribution in [0.4, 0.5) is 10.5 Å². The van der Waals surface area contributed by atoms with E-state index in [1.165, 1.54) is 6.26 Å². The molecule has 0 radical (unpaired) electrons. The van der Waals surface area contributed by atoms with Crippen molar-refractivity contribution in [2.24, 2.45) is 0 Å². The molecule has 2 rings (SSSR count). The third-order valence-corrected chi connectivity index (χ3v) is 4.60. The highest BCUT2D eigenvalue weighted by atomic mass is 32.2. The summed E-state index contributed by atoms with van der Waals surface area (Å²) in [6.07, 6.45) is 1.95. The maximum atomic E-state index is 12.6. The molecule has 0 aliphatic rings. The molecule has 2 amide bonds. The number of nitrogens with one attached hydrogen (secondary N) is 1. The number of phenols is 1. The predicted octanol–water partition coefficient (Wildman–Crippen LogP) is 3.38. The standard InChI is InChI=1S/C19H24N2O4S/c1-3-11-21(13-16-8-4-5-10-18(16)22)19(23)20-17-9-6-7-15(12-17)14-26(2,24)25/h4-10,12,22H,3,11,13-14H2,1-2H3,(H,20,23). The molecule has 140 valence electrons. The van der Waals surface area contributed by atoms with E-state index in [1.807, 2.05) is 13.0 Å². The number of urea groups is 1. The summed E-state index contributed by atoms with van der Waals surface area (Å²) in [7, 11) is -3.14. The van der Waals surface area contributed by atoms with Gasteiger partial charge in [-0.2, -0.15) is 0 Å². The molecule has 0 heterocycles. The van der Waals surface area contributed by atoms with Crippen molar-refractivity contribution in [3.8, 4) is 5.75 Å². The lowest BCUT2D eigenvalue weighted by molar-refractivity contribution is 0.208. The average molecular weight is 376 g/mol. The average Bonchev–Trinajstić information content (AvgIpc) is 2.55. The van der Waals surface area contributed by atoms with Gasteiger partial charge in [-0.15, -0.1) is 0 Å². The van der Waals surface area contributed by atoms with Crippen LogP contribution in [0.1, 0.15) is 24.5 Å². The van der Waals surface area contributed by atoms with E-state index >= 15 is 0 Å². The zero-order valence-electron chi connectivity index (χ0n) is 15.0. The quantitative estimate of drug-likeness (QED) is 0.775. The lowest BCUT2D eigenvalue weighted by atomic mass is 10.2. The van der Waals surface area contributed by atoms with Gasteiger partial charge in [0.25, 0.3) is 0 Å². The molecule has 2 aromatic rings. The van der Waals surface area contributed by atoms with E-state index in [1.54, 1.807) is 47.4 Å². The van der Waals surface area contributed by atoms with E-state index in [0.29, 0.717) is 23.4 Å². The number of sulfone groups is 1. The molecule has 0 fully saturated rings. The molecular formula is C19H24N2O4S. The number of rotatable bonds is 7. The van der Waals surface area contributed by atoms with Gasteiger partial charge in [0.2, 0.25) is 0 Å². The van der Waals surface area contributed by atoms with Crippen LogP contribution in [0.15, 0.2) is 48.5 Å². The lowest BCUT2D eigenvalue weighted by Gasteiger charge is -2.23. The molecule has 0 bridgehead atoms. The number of carbonyl (C=O) groups is 1. The Morgan fingerprint density at radius 1 is 1.15 bits per heavy atom. The van der Waals surface area contributed by atoms with Crippen LogP contribution < -0.4 is 5.32 Å². The van der Waals surface area contributed by atoms with Crippen molar-refractivity contribution in [1.82, 2.24) is 4.90 Å². The van der Waals surface area contributed by atoms with Crippen LogP contribution in [0.2, 0.25) is 0 Å². The largest absolute Gasteiger partial charge is 0.508 e.